The number of carbonyl (C=O) groups is 1. The van der Waals surface area contributed by atoms with E-state index in [-0.39, 0.29) is 17.8 Å². The van der Waals surface area contributed by atoms with E-state index in [0.717, 1.165) is 13.0 Å². The molecule has 0 spiro atoms. The maximum absolute atomic E-state index is 13.3. The molecular formula is C15H16FN3O2. The van der Waals surface area contributed by atoms with Gasteiger partial charge >= 0.3 is 0 Å². The van der Waals surface area contributed by atoms with Crippen LogP contribution in [0.5, 0.6) is 5.75 Å². The highest BCUT2D eigenvalue weighted by molar-refractivity contribution is 5.83. The van der Waals surface area contributed by atoms with Gasteiger partial charge in [0.25, 0.3) is 0 Å². The van der Waals surface area contributed by atoms with Crippen molar-refractivity contribution in [1.82, 2.24) is 14.5 Å². The van der Waals surface area contributed by atoms with Gasteiger partial charge in [0.2, 0.25) is 5.91 Å². The molecule has 1 fully saturated rings. The van der Waals surface area contributed by atoms with Crippen molar-refractivity contribution in [3.8, 4) is 17.1 Å². The topological polar surface area (TPSA) is 47.4 Å². The largest absolute Gasteiger partial charge is 0.496 e. The summed E-state index contributed by atoms with van der Waals surface area (Å²) in [7, 11) is 3.28. The van der Waals surface area contributed by atoms with Crippen LogP contribution in [0, 0.1) is 5.82 Å². The van der Waals surface area contributed by atoms with E-state index in [2.05, 4.69) is 4.98 Å². The van der Waals surface area contributed by atoms with E-state index in [1.165, 1.54) is 19.2 Å². The Bertz CT molecular complexity index is 683. The highest BCUT2D eigenvalue weighted by atomic mass is 19.1. The minimum absolute atomic E-state index is 0.0651. The van der Waals surface area contributed by atoms with E-state index in [1.807, 2.05) is 4.57 Å². The lowest BCUT2D eigenvalue weighted by Gasteiger charge is -2.16. The first-order valence-electron chi connectivity index (χ1n) is 6.73. The molecule has 5 nitrogen and oxygen atoms in total. The van der Waals surface area contributed by atoms with Gasteiger partial charge in [0, 0.05) is 32.1 Å². The fraction of sp³-hybridized carbons (Fsp3) is 0.333. The van der Waals surface area contributed by atoms with Gasteiger partial charge < -0.3 is 14.2 Å². The number of likely N-dealkylation sites (N-methyl/N-ethyl adjacent to an activating group) is 1. The van der Waals surface area contributed by atoms with Crippen LogP contribution in [0.3, 0.4) is 0 Å². The van der Waals surface area contributed by atoms with Crippen LogP contribution in [0.4, 0.5) is 4.39 Å². The number of rotatable bonds is 3. The van der Waals surface area contributed by atoms with Crippen LogP contribution in [-0.2, 0) is 4.79 Å². The molecule has 0 bridgehead atoms. The molecule has 1 aromatic carbocycles. The molecule has 6 heteroatoms. The zero-order valence-electron chi connectivity index (χ0n) is 11.9. The zero-order valence-corrected chi connectivity index (χ0v) is 11.9. The Morgan fingerprint density at radius 1 is 1.43 bits per heavy atom. The molecule has 1 unspecified atom stereocenters. The third-order valence-corrected chi connectivity index (χ3v) is 3.81. The van der Waals surface area contributed by atoms with Crippen LogP contribution in [0.2, 0.25) is 0 Å². The SMILES string of the molecule is COc1cc(F)ccc1-c1nccn1C1CCN(C)C1=O. The van der Waals surface area contributed by atoms with E-state index < -0.39 is 0 Å². The molecule has 1 aliphatic rings. The summed E-state index contributed by atoms with van der Waals surface area (Å²) in [6.07, 6.45) is 4.16. The zero-order chi connectivity index (χ0) is 15.0. The van der Waals surface area contributed by atoms with Crippen LogP contribution in [0.25, 0.3) is 11.4 Å². The van der Waals surface area contributed by atoms with Crippen molar-refractivity contribution in [2.45, 2.75) is 12.5 Å². The number of nitrogens with zero attached hydrogens (tertiary/aromatic N) is 3. The summed E-state index contributed by atoms with van der Waals surface area (Å²) in [5, 5.41) is 0. The number of aromatic nitrogens is 2. The van der Waals surface area contributed by atoms with Crippen LogP contribution < -0.4 is 4.74 Å². The first-order valence-corrected chi connectivity index (χ1v) is 6.73. The maximum Gasteiger partial charge on any atom is 0.245 e. The molecule has 1 atom stereocenters. The molecule has 21 heavy (non-hydrogen) atoms. The summed E-state index contributed by atoms with van der Waals surface area (Å²) in [6, 6.07) is 4.04. The van der Waals surface area contributed by atoms with Gasteiger partial charge in [0.15, 0.2) is 0 Å². The second-order valence-corrected chi connectivity index (χ2v) is 5.07. The van der Waals surface area contributed by atoms with Crippen LogP contribution in [0.15, 0.2) is 30.6 Å². The number of hydrogen-bond donors (Lipinski definition) is 0. The van der Waals surface area contributed by atoms with Gasteiger partial charge in [-0.3, -0.25) is 4.79 Å². The van der Waals surface area contributed by atoms with Crippen LogP contribution in [-0.4, -0.2) is 41.1 Å². The molecule has 3 rings (SSSR count). The first kappa shape index (κ1) is 13.6. The highest BCUT2D eigenvalue weighted by Crippen LogP contribution is 2.33. The Hall–Kier alpha value is -2.37. The summed E-state index contributed by atoms with van der Waals surface area (Å²) in [6.45, 7) is 0.724. The van der Waals surface area contributed by atoms with Gasteiger partial charge in [0.1, 0.15) is 23.4 Å². The minimum atomic E-state index is -0.370. The number of hydrogen-bond acceptors (Lipinski definition) is 3. The molecule has 0 radical (unpaired) electrons. The second kappa shape index (κ2) is 5.20. The normalized spacial score (nSPS) is 18.3. The number of carbonyl (C=O) groups excluding carboxylic acids is 1. The van der Waals surface area contributed by atoms with Crippen molar-refractivity contribution < 1.29 is 13.9 Å². The maximum atomic E-state index is 13.3. The van der Waals surface area contributed by atoms with Gasteiger partial charge in [-0.2, -0.15) is 0 Å². The summed E-state index contributed by atoms with van der Waals surface area (Å²) < 4.78 is 20.4. The molecule has 1 aliphatic heterocycles. The molecule has 1 aromatic heterocycles. The quantitative estimate of drug-likeness (QED) is 0.869. The third kappa shape index (κ3) is 2.26. The monoisotopic (exact) mass is 289 g/mol. The number of imidazole rings is 1. The van der Waals surface area contributed by atoms with Gasteiger partial charge in [-0.15, -0.1) is 0 Å². The van der Waals surface area contributed by atoms with Crippen molar-refractivity contribution in [2.24, 2.45) is 0 Å². The van der Waals surface area contributed by atoms with E-state index in [0.29, 0.717) is 17.1 Å². The number of methoxy groups -OCH3 is 1. The number of halogens is 1. The van der Waals surface area contributed by atoms with Gasteiger partial charge in [0.05, 0.1) is 12.7 Å². The van der Waals surface area contributed by atoms with E-state index in [1.54, 1.807) is 30.4 Å². The lowest BCUT2D eigenvalue weighted by molar-refractivity contribution is -0.129. The van der Waals surface area contributed by atoms with E-state index >= 15 is 0 Å². The van der Waals surface area contributed by atoms with Crippen molar-refractivity contribution >= 4 is 5.91 Å². The summed E-state index contributed by atoms with van der Waals surface area (Å²) in [5.74, 6) is 0.711. The number of amides is 1. The third-order valence-electron chi connectivity index (χ3n) is 3.81. The number of benzene rings is 1. The average molecular weight is 289 g/mol. The minimum Gasteiger partial charge on any atom is -0.496 e. The summed E-state index contributed by atoms with van der Waals surface area (Å²) in [5.41, 5.74) is 0.672. The number of ether oxygens (including phenoxy) is 1. The fourth-order valence-electron chi connectivity index (χ4n) is 2.69. The summed E-state index contributed by atoms with van der Waals surface area (Å²) in [4.78, 5) is 18.2. The van der Waals surface area contributed by atoms with Crippen LogP contribution in [0.1, 0.15) is 12.5 Å². The first-order chi connectivity index (χ1) is 10.1. The van der Waals surface area contributed by atoms with Crippen molar-refractivity contribution in [3.63, 3.8) is 0 Å². The Morgan fingerprint density at radius 2 is 2.24 bits per heavy atom. The van der Waals surface area contributed by atoms with Gasteiger partial charge in [-0.1, -0.05) is 0 Å². The van der Waals surface area contributed by atoms with Crippen LogP contribution >= 0.6 is 0 Å². The smallest absolute Gasteiger partial charge is 0.245 e. The van der Waals surface area contributed by atoms with Crippen molar-refractivity contribution in [2.75, 3.05) is 20.7 Å². The van der Waals surface area contributed by atoms with Crippen molar-refractivity contribution in [3.05, 3.63) is 36.4 Å². The van der Waals surface area contributed by atoms with E-state index in [4.69, 9.17) is 4.74 Å². The predicted octanol–water partition coefficient (Wildman–Crippen LogP) is 2.10. The average Bonchev–Trinajstić information content (AvgIpc) is 3.07. The highest BCUT2D eigenvalue weighted by Gasteiger charge is 2.32. The molecule has 1 saturated heterocycles. The Kier molecular flexibility index (Phi) is 3.37. The van der Waals surface area contributed by atoms with E-state index in [9.17, 15) is 9.18 Å². The Labute approximate surface area is 122 Å². The molecule has 2 heterocycles. The molecule has 2 aromatic rings. The van der Waals surface area contributed by atoms with Crippen molar-refractivity contribution in [1.29, 1.82) is 0 Å². The predicted molar refractivity (Wildman–Crippen MR) is 75.5 cm³/mol. The standard InChI is InChI=1S/C15H16FN3O2/c1-18-7-5-12(15(18)20)19-8-6-17-14(19)11-4-3-10(16)9-13(11)21-2/h3-4,6,8-9,12H,5,7H2,1-2H3. The lowest BCUT2D eigenvalue weighted by Crippen LogP contribution is -2.24. The summed E-state index contributed by atoms with van der Waals surface area (Å²) >= 11 is 0. The lowest BCUT2D eigenvalue weighted by atomic mass is 10.1. The molecule has 1 amide bonds. The Morgan fingerprint density at radius 3 is 2.90 bits per heavy atom. The Balaban J connectivity index is 2.06. The molecule has 0 aliphatic carbocycles. The van der Waals surface area contributed by atoms with Gasteiger partial charge in [-0.05, 0) is 18.6 Å². The number of likely N-dealkylation sites (tertiary alicyclic amines) is 1. The fourth-order valence-corrected chi connectivity index (χ4v) is 2.69. The van der Waals surface area contributed by atoms with Gasteiger partial charge in [-0.25, -0.2) is 9.37 Å². The molecule has 0 saturated carbocycles. The molecule has 0 N–H and O–H groups in total. The second-order valence-electron chi connectivity index (χ2n) is 5.07. The molecular weight excluding hydrogens is 273 g/mol. The molecule has 110 valence electrons.